The van der Waals surface area contributed by atoms with Crippen molar-refractivity contribution in [2.75, 3.05) is 48.5 Å². The van der Waals surface area contributed by atoms with E-state index in [1.54, 1.807) is 28.7 Å². The Morgan fingerprint density at radius 2 is 1.77 bits per heavy atom. The second kappa shape index (κ2) is 15.5. The van der Waals surface area contributed by atoms with Gasteiger partial charge in [0.25, 0.3) is 5.91 Å². The molecule has 4 rings (SSSR count). The second-order valence-corrected chi connectivity index (χ2v) is 18.4. The summed E-state index contributed by atoms with van der Waals surface area (Å²) in [7, 11) is -0.593. The van der Waals surface area contributed by atoms with Crippen molar-refractivity contribution in [2.45, 2.75) is 65.8 Å². The maximum Gasteiger partial charge on any atom is 0.270 e. The lowest BCUT2D eigenvalue weighted by Gasteiger charge is -2.32. The first kappa shape index (κ1) is 34.1. The molecule has 2 amide bonds. The SMILES string of the molecule is CSCCn1nccc1C(=O)NC(C(=O)Nc1ccc(-c2c(C)nn(COCCS(C)(C)C)c2C)cc1)[C@H]1CC[C@H](C)CC1. The molecule has 1 aromatic carbocycles. The molecule has 11 heteroatoms. The van der Waals surface area contributed by atoms with Crippen molar-refractivity contribution in [3.05, 3.63) is 53.6 Å². The summed E-state index contributed by atoms with van der Waals surface area (Å²) in [5, 5.41) is 15.2. The molecule has 242 valence electrons. The zero-order chi connectivity index (χ0) is 31.9. The van der Waals surface area contributed by atoms with Gasteiger partial charge in [-0.3, -0.25) is 14.3 Å². The predicted molar refractivity (Wildman–Crippen MR) is 185 cm³/mol. The number of hydrogen-bond acceptors (Lipinski definition) is 6. The molecule has 0 spiro atoms. The summed E-state index contributed by atoms with van der Waals surface area (Å²) < 4.78 is 9.57. The summed E-state index contributed by atoms with van der Waals surface area (Å²) >= 11 is 1.70. The number of anilines is 1. The number of rotatable bonds is 14. The third-order valence-corrected chi connectivity index (χ3v) is 10.4. The number of carbonyl (C=O) groups excluding carboxylic acids is 2. The molecule has 1 saturated carbocycles. The van der Waals surface area contributed by atoms with Crippen molar-refractivity contribution in [2.24, 2.45) is 11.8 Å². The van der Waals surface area contributed by atoms with Crippen LogP contribution in [0.15, 0.2) is 36.5 Å². The van der Waals surface area contributed by atoms with E-state index >= 15 is 0 Å². The van der Waals surface area contributed by atoms with Crippen LogP contribution in [0.1, 0.15) is 54.5 Å². The van der Waals surface area contributed by atoms with Gasteiger partial charge in [-0.2, -0.15) is 22.0 Å². The average Bonchev–Trinajstić information content (AvgIpc) is 3.56. The van der Waals surface area contributed by atoms with E-state index in [9.17, 15) is 9.59 Å². The summed E-state index contributed by atoms with van der Waals surface area (Å²) in [5.41, 5.74) is 5.28. The van der Waals surface area contributed by atoms with E-state index in [-0.39, 0.29) is 17.7 Å². The van der Waals surface area contributed by atoms with E-state index in [1.807, 2.05) is 42.1 Å². The molecule has 0 bridgehead atoms. The second-order valence-electron chi connectivity index (χ2n) is 12.8. The quantitative estimate of drug-likeness (QED) is 0.211. The van der Waals surface area contributed by atoms with Gasteiger partial charge in [-0.05, 0) is 87.3 Å². The van der Waals surface area contributed by atoms with E-state index in [2.05, 4.69) is 48.3 Å². The van der Waals surface area contributed by atoms with E-state index < -0.39 is 16.1 Å². The molecule has 9 nitrogen and oxygen atoms in total. The lowest BCUT2D eigenvalue weighted by molar-refractivity contribution is -0.119. The van der Waals surface area contributed by atoms with Crippen LogP contribution >= 0.6 is 21.8 Å². The van der Waals surface area contributed by atoms with Crippen molar-refractivity contribution in [3.63, 3.8) is 0 Å². The van der Waals surface area contributed by atoms with Gasteiger partial charge in [-0.15, -0.1) is 0 Å². The Hall–Kier alpha value is -2.76. The van der Waals surface area contributed by atoms with Gasteiger partial charge in [0.05, 0.1) is 18.8 Å². The van der Waals surface area contributed by atoms with Gasteiger partial charge in [0, 0.05) is 34.6 Å². The van der Waals surface area contributed by atoms with Crippen molar-refractivity contribution >= 4 is 39.3 Å². The molecule has 2 N–H and O–H groups in total. The van der Waals surface area contributed by atoms with E-state index in [4.69, 9.17) is 9.84 Å². The minimum absolute atomic E-state index is 0.0835. The molecule has 0 radical (unpaired) electrons. The van der Waals surface area contributed by atoms with Crippen LogP contribution in [0.3, 0.4) is 0 Å². The third kappa shape index (κ3) is 9.14. The first-order valence-electron chi connectivity index (χ1n) is 15.5. The van der Waals surface area contributed by atoms with Crippen molar-refractivity contribution < 1.29 is 14.3 Å². The standard InChI is InChI=1S/C33H50N6O3S2/c1-23-8-10-27(11-9-23)31(36-32(40)29-16-17-34-38(29)18-20-43-4)33(41)35-28-14-12-26(13-15-28)30-24(2)37-39(25(30)3)22-42-19-21-44(5,6)7/h12-17,23,27,31H,8-11,18-22H2,1-7H3,(H,35,41)(H,36,40)/t23-,27-,31?. The first-order valence-corrected chi connectivity index (χ1v) is 19.9. The largest absolute Gasteiger partial charge is 0.358 e. The normalized spacial score (nSPS) is 18.2. The van der Waals surface area contributed by atoms with Gasteiger partial charge in [0.15, 0.2) is 0 Å². The van der Waals surface area contributed by atoms with Crippen LogP contribution in [0.4, 0.5) is 5.69 Å². The topological polar surface area (TPSA) is 103 Å². The summed E-state index contributed by atoms with van der Waals surface area (Å²) in [4.78, 5) is 27.1. The van der Waals surface area contributed by atoms with Crippen LogP contribution in [-0.4, -0.2) is 80.6 Å². The molecule has 44 heavy (non-hydrogen) atoms. The number of ether oxygens (including phenoxy) is 1. The number of aromatic nitrogens is 4. The molecule has 2 aromatic heterocycles. The van der Waals surface area contributed by atoms with Crippen LogP contribution in [0.2, 0.25) is 0 Å². The first-order chi connectivity index (χ1) is 21.0. The van der Waals surface area contributed by atoms with Crippen LogP contribution < -0.4 is 10.6 Å². The summed E-state index contributed by atoms with van der Waals surface area (Å²) in [6.07, 6.45) is 14.5. The van der Waals surface area contributed by atoms with E-state index in [0.717, 1.165) is 66.3 Å². The van der Waals surface area contributed by atoms with Crippen LogP contribution in [0.5, 0.6) is 0 Å². The highest BCUT2D eigenvalue weighted by molar-refractivity contribution is 8.32. The van der Waals surface area contributed by atoms with Gasteiger partial charge in [0.2, 0.25) is 5.91 Å². The number of benzene rings is 1. The van der Waals surface area contributed by atoms with Crippen LogP contribution in [-0.2, 0) is 22.8 Å². The Morgan fingerprint density at radius 1 is 1.07 bits per heavy atom. The Balaban J connectivity index is 1.45. The number of nitrogens with zero attached hydrogens (tertiary/aromatic N) is 4. The van der Waals surface area contributed by atoms with Gasteiger partial charge in [-0.25, -0.2) is 14.7 Å². The number of nitrogens with one attached hydrogen (secondary N) is 2. The molecule has 0 saturated heterocycles. The molecule has 2 heterocycles. The van der Waals surface area contributed by atoms with Crippen LogP contribution in [0.25, 0.3) is 11.1 Å². The molecule has 1 atom stereocenters. The zero-order valence-electron chi connectivity index (χ0n) is 27.4. The number of carbonyl (C=O) groups is 2. The number of thioether (sulfide) groups is 1. The van der Waals surface area contributed by atoms with Gasteiger partial charge >= 0.3 is 0 Å². The van der Waals surface area contributed by atoms with Gasteiger partial charge in [0.1, 0.15) is 18.5 Å². The maximum atomic E-state index is 13.7. The molecule has 1 aliphatic carbocycles. The lowest BCUT2D eigenvalue weighted by Crippen LogP contribution is -2.49. The molecule has 0 aliphatic heterocycles. The smallest absolute Gasteiger partial charge is 0.270 e. The minimum Gasteiger partial charge on any atom is -0.358 e. The third-order valence-electron chi connectivity index (χ3n) is 8.43. The Bertz CT molecular complexity index is 1390. The fourth-order valence-corrected chi connectivity index (χ4v) is 6.73. The molecule has 1 unspecified atom stereocenters. The highest BCUT2D eigenvalue weighted by Crippen LogP contribution is 2.34. The van der Waals surface area contributed by atoms with E-state index in [0.29, 0.717) is 30.6 Å². The molecule has 1 fully saturated rings. The highest BCUT2D eigenvalue weighted by Gasteiger charge is 2.33. The average molecular weight is 643 g/mol. The zero-order valence-corrected chi connectivity index (χ0v) is 29.0. The van der Waals surface area contributed by atoms with E-state index in [1.165, 1.54) is 0 Å². The van der Waals surface area contributed by atoms with Crippen molar-refractivity contribution in [1.29, 1.82) is 0 Å². The molecule has 3 aromatic rings. The van der Waals surface area contributed by atoms with Gasteiger partial charge < -0.3 is 15.4 Å². The fourth-order valence-electron chi connectivity index (χ4n) is 5.75. The summed E-state index contributed by atoms with van der Waals surface area (Å²) in [5.74, 6) is 2.20. The van der Waals surface area contributed by atoms with Crippen molar-refractivity contribution in [3.8, 4) is 11.1 Å². The summed E-state index contributed by atoms with van der Waals surface area (Å²) in [6.45, 7) is 8.13. The Kier molecular flexibility index (Phi) is 12.0. The molecular weight excluding hydrogens is 593 g/mol. The molecular formula is C33H50N6O3S2. The lowest BCUT2D eigenvalue weighted by atomic mass is 9.79. The van der Waals surface area contributed by atoms with Crippen molar-refractivity contribution in [1.82, 2.24) is 24.9 Å². The highest BCUT2D eigenvalue weighted by atomic mass is 32.3. The maximum absolute atomic E-state index is 13.7. The minimum atomic E-state index is -0.624. The predicted octanol–water partition coefficient (Wildman–Crippen LogP) is 5.96. The number of aryl methyl sites for hydroxylation is 2. The van der Waals surface area contributed by atoms with Crippen LogP contribution in [0, 0.1) is 25.7 Å². The Morgan fingerprint density at radius 3 is 2.43 bits per heavy atom. The number of amides is 2. The monoisotopic (exact) mass is 642 g/mol. The summed E-state index contributed by atoms with van der Waals surface area (Å²) in [6, 6.07) is 8.97. The fraction of sp³-hybridized carbons (Fsp3) is 0.576. The van der Waals surface area contributed by atoms with Gasteiger partial charge in [-0.1, -0.05) is 31.9 Å². The Labute approximate surface area is 268 Å². The molecule has 1 aliphatic rings. The number of hydrogen-bond donors (Lipinski definition) is 2.